The van der Waals surface area contributed by atoms with E-state index in [9.17, 15) is 4.79 Å². The minimum Gasteiger partial charge on any atom is -0.497 e. The van der Waals surface area contributed by atoms with E-state index in [1.54, 1.807) is 31.4 Å². The van der Waals surface area contributed by atoms with E-state index < -0.39 is 0 Å². The minimum atomic E-state index is -0.233. The number of nitrogens with zero attached hydrogens (tertiary/aromatic N) is 2. The van der Waals surface area contributed by atoms with Gasteiger partial charge in [0.1, 0.15) is 5.75 Å². The summed E-state index contributed by atoms with van der Waals surface area (Å²) in [6, 6.07) is 16.4. The van der Waals surface area contributed by atoms with Crippen LogP contribution >= 0.6 is 0 Å². The predicted molar refractivity (Wildman–Crippen MR) is 83.9 cm³/mol. The van der Waals surface area contributed by atoms with E-state index >= 15 is 0 Å². The molecule has 0 unspecified atom stereocenters. The van der Waals surface area contributed by atoms with Crippen molar-refractivity contribution in [3.8, 4) is 17.1 Å². The zero-order chi connectivity index (χ0) is 16.1. The van der Waals surface area contributed by atoms with Crippen molar-refractivity contribution in [2.45, 2.75) is 6.54 Å². The van der Waals surface area contributed by atoms with Gasteiger partial charge < -0.3 is 14.6 Å². The molecule has 6 heteroatoms. The Labute approximate surface area is 133 Å². The number of ether oxygens (including phenoxy) is 1. The average Bonchev–Trinajstić information content (AvgIpc) is 3.09. The smallest absolute Gasteiger partial charge is 0.251 e. The zero-order valence-electron chi connectivity index (χ0n) is 12.5. The third-order valence-electron chi connectivity index (χ3n) is 3.23. The Balaban J connectivity index is 1.64. The molecule has 0 fully saturated rings. The molecule has 0 aliphatic heterocycles. The predicted octanol–water partition coefficient (Wildman–Crippen LogP) is 2.68. The highest BCUT2D eigenvalue weighted by atomic mass is 16.5. The summed E-state index contributed by atoms with van der Waals surface area (Å²) in [6.07, 6.45) is 0. The number of benzene rings is 2. The van der Waals surface area contributed by atoms with Crippen LogP contribution in [0.4, 0.5) is 0 Å². The third kappa shape index (κ3) is 3.55. The van der Waals surface area contributed by atoms with Crippen LogP contribution in [-0.2, 0) is 6.54 Å². The molecule has 0 radical (unpaired) electrons. The number of hydrogen-bond acceptors (Lipinski definition) is 5. The topological polar surface area (TPSA) is 77.2 Å². The number of aromatic nitrogens is 2. The molecule has 3 rings (SSSR count). The van der Waals surface area contributed by atoms with Crippen LogP contribution in [0.1, 0.15) is 16.2 Å². The molecule has 1 aromatic heterocycles. The lowest BCUT2D eigenvalue weighted by Gasteiger charge is -2.04. The molecule has 2 aromatic carbocycles. The Morgan fingerprint density at radius 2 is 2.00 bits per heavy atom. The number of hydrogen-bond donors (Lipinski definition) is 1. The highest BCUT2D eigenvalue weighted by Crippen LogP contribution is 2.15. The summed E-state index contributed by atoms with van der Waals surface area (Å²) in [5.74, 6) is 1.24. The summed E-state index contributed by atoms with van der Waals surface area (Å²) in [7, 11) is 1.56. The van der Waals surface area contributed by atoms with Gasteiger partial charge in [0.15, 0.2) is 0 Å². The molecule has 1 amide bonds. The number of carbonyl (C=O) groups is 1. The van der Waals surface area contributed by atoms with Crippen molar-refractivity contribution >= 4 is 5.91 Å². The Morgan fingerprint density at radius 1 is 1.17 bits per heavy atom. The molecule has 6 nitrogen and oxygen atoms in total. The van der Waals surface area contributed by atoms with E-state index in [-0.39, 0.29) is 12.5 Å². The van der Waals surface area contributed by atoms with Crippen LogP contribution in [0.2, 0.25) is 0 Å². The maximum Gasteiger partial charge on any atom is 0.251 e. The fourth-order valence-corrected chi connectivity index (χ4v) is 2.05. The third-order valence-corrected chi connectivity index (χ3v) is 3.23. The van der Waals surface area contributed by atoms with Crippen LogP contribution in [-0.4, -0.2) is 23.2 Å². The molecule has 1 heterocycles. The Kier molecular flexibility index (Phi) is 4.33. The van der Waals surface area contributed by atoms with Crippen molar-refractivity contribution < 1.29 is 14.1 Å². The number of nitrogens with one attached hydrogen (secondary N) is 1. The van der Waals surface area contributed by atoms with Gasteiger partial charge in [-0.1, -0.05) is 41.6 Å². The molecule has 0 aliphatic carbocycles. The van der Waals surface area contributed by atoms with Crippen LogP contribution in [0.5, 0.6) is 5.75 Å². The average molecular weight is 309 g/mol. The SMILES string of the molecule is COc1cccc(C(=O)NCc2nc(-c3ccccc3)no2)c1. The van der Waals surface area contributed by atoms with E-state index in [1.165, 1.54) is 0 Å². The first-order valence-electron chi connectivity index (χ1n) is 7.06. The van der Waals surface area contributed by atoms with Crippen LogP contribution < -0.4 is 10.1 Å². The molecular weight excluding hydrogens is 294 g/mol. The Hall–Kier alpha value is -3.15. The second-order valence-corrected chi connectivity index (χ2v) is 4.79. The van der Waals surface area contributed by atoms with Crippen LogP contribution in [0, 0.1) is 0 Å². The molecule has 0 saturated heterocycles. The molecule has 0 saturated carbocycles. The molecule has 0 atom stereocenters. The van der Waals surface area contributed by atoms with Gasteiger partial charge >= 0.3 is 0 Å². The number of rotatable bonds is 5. The van der Waals surface area contributed by atoms with Gasteiger partial charge in [0, 0.05) is 11.1 Å². The number of amides is 1. The number of methoxy groups -OCH3 is 1. The van der Waals surface area contributed by atoms with Gasteiger partial charge in [0.2, 0.25) is 11.7 Å². The quantitative estimate of drug-likeness (QED) is 0.784. The van der Waals surface area contributed by atoms with Gasteiger partial charge in [-0.2, -0.15) is 4.98 Å². The van der Waals surface area contributed by atoms with Crippen molar-refractivity contribution in [1.82, 2.24) is 15.5 Å². The van der Waals surface area contributed by atoms with Crippen LogP contribution in [0.25, 0.3) is 11.4 Å². The molecule has 0 bridgehead atoms. The van der Waals surface area contributed by atoms with Gasteiger partial charge in [-0.25, -0.2) is 0 Å². The Morgan fingerprint density at radius 3 is 2.78 bits per heavy atom. The summed E-state index contributed by atoms with van der Waals surface area (Å²) in [6.45, 7) is 0.163. The van der Waals surface area contributed by atoms with E-state index in [0.717, 1.165) is 5.56 Å². The van der Waals surface area contributed by atoms with Gasteiger partial charge in [-0.05, 0) is 18.2 Å². The molecule has 23 heavy (non-hydrogen) atoms. The first-order chi connectivity index (χ1) is 11.3. The van der Waals surface area contributed by atoms with Crippen molar-refractivity contribution in [3.63, 3.8) is 0 Å². The molecule has 0 spiro atoms. The lowest BCUT2D eigenvalue weighted by atomic mass is 10.2. The standard InChI is InChI=1S/C17H15N3O3/c1-22-14-9-5-8-13(10-14)17(21)18-11-15-19-16(20-23-15)12-6-3-2-4-7-12/h2-10H,11H2,1H3,(H,18,21). The van der Waals surface area contributed by atoms with E-state index in [4.69, 9.17) is 9.26 Å². The van der Waals surface area contributed by atoms with Crippen molar-refractivity contribution in [2.75, 3.05) is 7.11 Å². The normalized spacial score (nSPS) is 10.3. The van der Waals surface area contributed by atoms with Crippen molar-refractivity contribution in [2.24, 2.45) is 0 Å². The largest absolute Gasteiger partial charge is 0.497 e. The summed E-state index contributed by atoms with van der Waals surface area (Å²) in [5, 5.41) is 6.65. The van der Waals surface area contributed by atoms with Gasteiger partial charge in [-0.15, -0.1) is 0 Å². The first-order valence-corrected chi connectivity index (χ1v) is 7.06. The number of carbonyl (C=O) groups excluding carboxylic acids is 1. The maximum absolute atomic E-state index is 12.1. The highest BCUT2D eigenvalue weighted by Gasteiger charge is 2.11. The van der Waals surface area contributed by atoms with E-state index in [1.807, 2.05) is 30.3 Å². The zero-order valence-corrected chi connectivity index (χ0v) is 12.5. The lowest BCUT2D eigenvalue weighted by molar-refractivity contribution is 0.0946. The van der Waals surface area contributed by atoms with E-state index in [2.05, 4.69) is 15.5 Å². The molecule has 116 valence electrons. The fraction of sp³-hybridized carbons (Fsp3) is 0.118. The van der Waals surface area contributed by atoms with Gasteiger partial charge in [0.05, 0.1) is 13.7 Å². The lowest BCUT2D eigenvalue weighted by Crippen LogP contribution is -2.22. The van der Waals surface area contributed by atoms with Crippen LogP contribution in [0.15, 0.2) is 59.1 Å². The monoisotopic (exact) mass is 309 g/mol. The second-order valence-electron chi connectivity index (χ2n) is 4.79. The minimum absolute atomic E-state index is 0.163. The summed E-state index contributed by atoms with van der Waals surface area (Å²) in [5.41, 5.74) is 1.37. The Bertz CT molecular complexity index is 800. The van der Waals surface area contributed by atoms with Crippen LogP contribution in [0.3, 0.4) is 0 Å². The van der Waals surface area contributed by atoms with Crippen molar-refractivity contribution in [1.29, 1.82) is 0 Å². The molecule has 3 aromatic rings. The molecular formula is C17H15N3O3. The van der Waals surface area contributed by atoms with Crippen molar-refractivity contribution in [3.05, 3.63) is 66.1 Å². The summed E-state index contributed by atoms with van der Waals surface area (Å²) < 4.78 is 10.2. The summed E-state index contributed by atoms with van der Waals surface area (Å²) >= 11 is 0. The molecule has 0 aliphatic rings. The van der Waals surface area contributed by atoms with Gasteiger partial charge in [-0.3, -0.25) is 4.79 Å². The highest BCUT2D eigenvalue weighted by molar-refractivity contribution is 5.94. The first kappa shape index (κ1) is 14.8. The maximum atomic E-state index is 12.1. The van der Waals surface area contributed by atoms with E-state index in [0.29, 0.717) is 23.0 Å². The summed E-state index contributed by atoms with van der Waals surface area (Å²) in [4.78, 5) is 16.4. The van der Waals surface area contributed by atoms with Gasteiger partial charge in [0.25, 0.3) is 5.91 Å². The molecule has 1 N–H and O–H groups in total. The fourth-order valence-electron chi connectivity index (χ4n) is 2.05. The second kappa shape index (κ2) is 6.74.